The predicted octanol–water partition coefficient (Wildman–Crippen LogP) is 1.77. The number of aliphatic hydroxyl groups excluding tert-OH is 1. The van der Waals surface area contributed by atoms with E-state index in [1.807, 2.05) is 35.0 Å². The number of likely N-dealkylation sites (tertiary alicyclic amines) is 1. The van der Waals surface area contributed by atoms with Crippen LogP contribution in [0.2, 0.25) is 0 Å². The van der Waals surface area contributed by atoms with Crippen molar-refractivity contribution in [2.45, 2.75) is 25.4 Å². The van der Waals surface area contributed by atoms with Gasteiger partial charge in [0.15, 0.2) is 0 Å². The lowest BCUT2D eigenvalue weighted by Gasteiger charge is -2.22. The van der Waals surface area contributed by atoms with Crippen LogP contribution in [0.15, 0.2) is 30.6 Å². The Hall–Kier alpha value is -1.83. The summed E-state index contributed by atoms with van der Waals surface area (Å²) in [6.07, 6.45) is 6.17. The molecule has 3 rings (SSSR count). The summed E-state index contributed by atoms with van der Waals surface area (Å²) in [4.78, 5) is 2.27. The summed E-state index contributed by atoms with van der Waals surface area (Å²) < 4.78 is 2.00. The molecule has 0 amide bonds. The number of rotatable bonds is 3. The van der Waals surface area contributed by atoms with Crippen LogP contribution < -0.4 is 0 Å². The second-order valence-electron chi connectivity index (χ2n) is 5.08. The van der Waals surface area contributed by atoms with Crippen molar-refractivity contribution in [1.82, 2.24) is 9.30 Å². The fraction of sp³-hybridized carbons (Fsp3) is 0.400. The first-order chi connectivity index (χ1) is 9.33. The van der Waals surface area contributed by atoms with Crippen molar-refractivity contribution in [1.29, 1.82) is 5.26 Å². The molecule has 0 bridgehead atoms. The first kappa shape index (κ1) is 12.2. The van der Waals surface area contributed by atoms with Gasteiger partial charge in [-0.05, 0) is 31.5 Å². The third-order valence-electron chi connectivity index (χ3n) is 3.96. The van der Waals surface area contributed by atoms with Gasteiger partial charge in [-0.1, -0.05) is 6.07 Å². The maximum Gasteiger partial charge on any atom is 0.102 e. The molecule has 1 saturated heterocycles. The normalized spacial score (nSPS) is 19.9. The highest BCUT2D eigenvalue weighted by Gasteiger charge is 2.25. The summed E-state index contributed by atoms with van der Waals surface area (Å²) in [5.74, 6) is 0. The molecule has 1 atom stereocenters. The molecule has 1 unspecified atom stereocenters. The molecule has 4 nitrogen and oxygen atoms in total. The number of fused-ring (bicyclic) bond motifs is 1. The molecule has 2 aromatic rings. The van der Waals surface area contributed by atoms with Crippen molar-refractivity contribution >= 4 is 5.52 Å². The van der Waals surface area contributed by atoms with E-state index in [9.17, 15) is 10.4 Å². The molecule has 1 N–H and O–H groups in total. The van der Waals surface area contributed by atoms with Gasteiger partial charge >= 0.3 is 0 Å². The van der Waals surface area contributed by atoms with E-state index < -0.39 is 0 Å². The summed E-state index contributed by atoms with van der Waals surface area (Å²) in [5, 5.41) is 18.7. The number of pyridine rings is 1. The van der Waals surface area contributed by atoms with Crippen molar-refractivity contribution in [2.75, 3.05) is 13.2 Å². The molecule has 2 aromatic heterocycles. The van der Waals surface area contributed by atoms with E-state index in [2.05, 4.69) is 11.0 Å². The number of aromatic nitrogens is 1. The fourth-order valence-corrected chi connectivity index (χ4v) is 2.96. The smallest absolute Gasteiger partial charge is 0.102 e. The van der Waals surface area contributed by atoms with Gasteiger partial charge in [0.1, 0.15) is 6.07 Å². The summed E-state index contributed by atoms with van der Waals surface area (Å²) >= 11 is 0. The molecule has 0 radical (unpaired) electrons. The first-order valence-electron chi connectivity index (χ1n) is 6.67. The molecular weight excluding hydrogens is 238 g/mol. The Labute approximate surface area is 112 Å². The van der Waals surface area contributed by atoms with Gasteiger partial charge < -0.3 is 9.51 Å². The highest BCUT2D eigenvalue weighted by atomic mass is 16.3. The summed E-state index contributed by atoms with van der Waals surface area (Å²) in [6.45, 7) is 1.95. The molecule has 1 aliphatic rings. The molecule has 0 saturated carbocycles. The molecule has 0 aromatic carbocycles. The van der Waals surface area contributed by atoms with Gasteiger partial charge in [-0.2, -0.15) is 5.26 Å². The molecule has 1 fully saturated rings. The standard InChI is InChI=1S/C15H17N3O/c16-8-14-12(9-17-7-3-4-13(17)11-19)10-18-6-2-1-5-15(14)18/h1-2,5-6,10,13,19H,3-4,7,9,11H2. The van der Waals surface area contributed by atoms with E-state index in [-0.39, 0.29) is 12.6 Å². The second kappa shape index (κ2) is 5.04. The van der Waals surface area contributed by atoms with Gasteiger partial charge in [-0.3, -0.25) is 4.90 Å². The molecule has 0 spiro atoms. The molecular formula is C15H17N3O. The Morgan fingerprint density at radius 1 is 1.42 bits per heavy atom. The van der Waals surface area contributed by atoms with Crippen LogP contribution >= 0.6 is 0 Å². The number of nitrogens with zero attached hydrogens (tertiary/aromatic N) is 3. The second-order valence-corrected chi connectivity index (χ2v) is 5.08. The summed E-state index contributed by atoms with van der Waals surface area (Å²) in [6, 6.07) is 8.44. The first-order valence-corrected chi connectivity index (χ1v) is 6.67. The predicted molar refractivity (Wildman–Crippen MR) is 72.6 cm³/mol. The fourth-order valence-electron chi connectivity index (χ4n) is 2.96. The Balaban J connectivity index is 1.95. The van der Waals surface area contributed by atoms with Crippen molar-refractivity contribution in [2.24, 2.45) is 0 Å². The number of hydrogen-bond donors (Lipinski definition) is 1. The summed E-state index contributed by atoms with van der Waals surface area (Å²) in [5.41, 5.74) is 2.76. The van der Waals surface area contributed by atoms with Crippen molar-refractivity contribution in [3.8, 4) is 6.07 Å². The lowest BCUT2D eigenvalue weighted by Crippen LogP contribution is -2.31. The third-order valence-corrected chi connectivity index (χ3v) is 3.96. The number of nitriles is 1. The quantitative estimate of drug-likeness (QED) is 0.909. The van der Waals surface area contributed by atoms with Gasteiger partial charge in [-0.25, -0.2) is 0 Å². The minimum atomic E-state index is 0.204. The van der Waals surface area contributed by atoms with Gasteiger partial charge in [0.05, 0.1) is 17.7 Å². The Morgan fingerprint density at radius 3 is 3.11 bits per heavy atom. The highest BCUT2D eigenvalue weighted by molar-refractivity contribution is 5.65. The summed E-state index contributed by atoms with van der Waals surface area (Å²) in [7, 11) is 0. The zero-order valence-corrected chi connectivity index (χ0v) is 10.8. The average molecular weight is 255 g/mol. The van der Waals surface area contributed by atoms with E-state index in [1.54, 1.807) is 0 Å². The Kier molecular flexibility index (Phi) is 3.24. The van der Waals surface area contributed by atoms with Gasteiger partial charge in [-0.15, -0.1) is 0 Å². The topological polar surface area (TPSA) is 51.7 Å². The molecule has 1 aliphatic heterocycles. The van der Waals surface area contributed by atoms with Gasteiger partial charge in [0.2, 0.25) is 0 Å². The number of hydrogen-bond acceptors (Lipinski definition) is 3. The Morgan fingerprint density at radius 2 is 2.32 bits per heavy atom. The molecule has 4 heteroatoms. The zero-order chi connectivity index (χ0) is 13.2. The van der Waals surface area contributed by atoms with Crippen LogP contribution in [-0.2, 0) is 6.54 Å². The van der Waals surface area contributed by atoms with E-state index >= 15 is 0 Å². The third kappa shape index (κ3) is 2.12. The van der Waals surface area contributed by atoms with Crippen LogP contribution in [0.1, 0.15) is 24.0 Å². The van der Waals surface area contributed by atoms with Crippen LogP contribution in [0.4, 0.5) is 0 Å². The Bertz CT molecular complexity index is 626. The monoisotopic (exact) mass is 255 g/mol. The van der Waals surface area contributed by atoms with Crippen LogP contribution in [0.3, 0.4) is 0 Å². The van der Waals surface area contributed by atoms with Crippen LogP contribution in [-0.4, -0.2) is 33.6 Å². The van der Waals surface area contributed by atoms with Crippen LogP contribution in [0.25, 0.3) is 5.52 Å². The number of aliphatic hydroxyl groups is 1. The van der Waals surface area contributed by atoms with Crippen LogP contribution in [0, 0.1) is 11.3 Å². The average Bonchev–Trinajstić information content (AvgIpc) is 3.02. The minimum Gasteiger partial charge on any atom is -0.395 e. The van der Waals surface area contributed by atoms with E-state index in [4.69, 9.17) is 0 Å². The van der Waals surface area contributed by atoms with Crippen molar-refractivity contribution in [3.63, 3.8) is 0 Å². The SMILES string of the molecule is N#Cc1c(CN2CCCC2CO)cn2ccccc12. The van der Waals surface area contributed by atoms with Crippen molar-refractivity contribution < 1.29 is 5.11 Å². The lowest BCUT2D eigenvalue weighted by molar-refractivity contribution is 0.153. The highest BCUT2D eigenvalue weighted by Crippen LogP contribution is 2.24. The largest absolute Gasteiger partial charge is 0.395 e. The lowest BCUT2D eigenvalue weighted by atomic mass is 10.1. The van der Waals surface area contributed by atoms with Gasteiger partial charge in [0, 0.05) is 30.5 Å². The molecule has 3 heterocycles. The molecule has 98 valence electrons. The molecule has 19 heavy (non-hydrogen) atoms. The minimum absolute atomic E-state index is 0.204. The zero-order valence-electron chi connectivity index (χ0n) is 10.8. The van der Waals surface area contributed by atoms with E-state index in [1.165, 1.54) is 0 Å². The maximum absolute atomic E-state index is 9.37. The van der Waals surface area contributed by atoms with E-state index in [0.29, 0.717) is 0 Å². The molecule has 0 aliphatic carbocycles. The van der Waals surface area contributed by atoms with Gasteiger partial charge in [0.25, 0.3) is 0 Å². The van der Waals surface area contributed by atoms with E-state index in [0.717, 1.165) is 42.6 Å². The maximum atomic E-state index is 9.37. The van der Waals surface area contributed by atoms with Crippen molar-refractivity contribution in [3.05, 3.63) is 41.7 Å². The van der Waals surface area contributed by atoms with Crippen LogP contribution in [0.5, 0.6) is 0 Å².